The van der Waals surface area contributed by atoms with Gasteiger partial charge in [-0.3, -0.25) is 9.69 Å². The second kappa shape index (κ2) is 7.22. The fraction of sp³-hybridized carbons (Fsp3) is 0.643. The van der Waals surface area contributed by atoms with E-state index >= 15 is 0 Å². The molecular formula is C14H14ClF5N4O2S. The molecule has 1 aliphatic heterocycles. The largest absolute Gasteiger partial charge is 0.435 e. The lowest BCUT2D eigenvalue weighted by atomic mass is 10.0. The molecule has 27 heavy (non-hydrogen) atoms. The van der Waals surface area contributed by atoms with Crippen LogP contribution in [0.15, 0.2) is 0 Å². The van der Waals surface area contributed by atoms with Crippen LogP contribution in [-0.2, 0) is 28.9 Å². The van der Waals surface area contributed by atoms with Crippen LogP contribution in [0.2, 0.25) is 0 Å². The quantitative estimate of drug-likeness (QED) is 0.518. The topological polar surface area (TPSA) is 59.7 Å². The summed E-state index contributed by atoms with van der Waals surface area (Å²) in [6, 6.07) is 0. The average molecular weight is 433 g/mol. The number of alkyl halides is 6. The number of nitrogens with zero attached hydrogens (tertiary/aromatic N) is 4. The van der Waals surface area contributed by atoms with E-state index in [2.05, 4.69) is 10.1 Å². The van der Waals surface area contributed by atoms with Crippen LogP contribution in [0, 0.1) is 5.92 Å². The minimum absolute atomic E-state index is 0.0405. The number of Topliss-reactive ketones (excluding diaryl/α,β-unsaturated/α-hetero) is 1. The number of fused-ring (bicyclic) bond motifs is 1. The summed E-state index contributed by atoms with van der Waals surface area (Å²) >= 11 is 5.83. The predicted octanol–water partition coefficient (Wildman–Crippen LogP) is 3.18. The number of methoxy groups -OCH3 is 1. The van der Waals surface area contributed by atoms with E-state index < -0.39 is 35.4 Å². The number of hydrogen-bond acceptors (Lipinski definition) is 6. The van der Waals surface area contributed by atoms with Gasteiger partial charge in [0.1, 0.15) is 5.01 Å². The van der Waals surface area contributed by atoms with Crippen molar-refractivity contribution in [2.45, 2.75) is 31.1 Å². The summed E-state index contributed by atoms with van der Waals surface area (Å²) in [5, 5.41) is 0.968. The van der Waals surface area contributed by atoms with Gasteiger partial charge in [-0.2, -0.15) is 27.1 Å². The highest BCUT2D eigenvalue weighted by Gasteiger charge is 2.42. The number of rotatable bonds is 6. The predicted molar refractivity (Wildman–Crippen MR) is 85.8 cm³/mol. The molecule has 0 bridgehead atoms. The molecule has 13 heteroatoms. The Labute approximate surface area is 158 Å². The molecule has 1 fully saturated rings. The molecule has 2 aromatic rings. The molecule has 6 nitrogen and oxygen atoms in total. The Bertz CT molecular complexity index is 847. The maximum Gasteiger partial charge on any atom is 0.435 e. The number of likely N-dealkylation sites (tertiary alicyclic amines) is 1. The lowest BCUT2D eigenvalue weighted by molar-refractivity contribution is -0.141. The van der Waals surface area contributed by atoms with Crippen LogP contribution in [0.25, 0.3) is 4.96 Å². The molecule has 1 atom stereocenters. The number of hydrogen-bond donors (Lipinski definition) is 0. The normalized spacial score (nSPS) is 19.5. The highest BCUT2D eigenvalue weighted by molar-refractivity contribution is 7.16. The van der Waals surface area contributed by atoms with Crippen LogP contribution in [-0.4, -0.2) is 50.9 Å². The smallest absolute Gasteiger partial charge is 0.377 e. The zero-order chi connectivity index (χ0) is 20.0. The standard InChI is InChI=1S/C14H14ClF5N4O2S/c1-26-6-10-22-24-8(11(14(18,19)20)21-12(24)27-10)4-23-3-7(9(25)5-23)2-13(15,16)17/h7H,2-6H2,1H3. The molecular weight excluding hydrogens is 419 g/mol. The van der Waals surface area contributed by atoms with Crippen molar-refractivity contribution >= 4 is 33.7 Å². The Kier molecular flexibility index (Phi) is 5.45. The third-order valence-corrected chi connectivity index (χ3v) is 5.08. The summed E-state index contributed by atoms with van der Waals surface area (Å²) in [7, 11) is 1.43. The summed E-state index contributed by atoms with van der Waals surface area (Å²) in [6.45, 7) is -0.538. The molecule has 0 aliphatic carbocycles. The molecule has 0 spiro atoms. The number of ketones is 1. The zero-order valence-electron chi connectivity index (χ0n) is 13.9. The van der Waals surface area contributed by atoms with Crippen LogP contribution in [0.5, 0.6) is 0 Å². The second-order valence-electron chi connectivity index (χ2n) is 6.18. The van der Waals surface area contributed by atoms with E-state index in [-0.39, 0.29) is 36.9 Å². The van der Waals surface area contributed by atoms with Crippen LogP contribution >= 0.6 is 22.9 Å². The highest BCUT2D eigenvalue weighted by Crippen LogP contribution is 2.35. The first-order chi connectivity index (χ1) is 12.5. The van der Waals surface area contributed by atoms with Gasteiger partial charge in [-0.05, 0) is 11.6 Å². The molecule has 0 aromatic carbocycles. The van der Waals surface area contributed by atoms with E-state index in [4.69, 9.17) is 16.3 Å². The Morgan fingerprint density at radius 3 is 2.63 bits per heavy atom. The summed E-state index contributed by atoms with van der Waals surface area (Å²) in [5.41, 5.74) is -1.36. The van der Waals surface area contributed by atoms with Crippen molar-refractivity contribution in [2.75, 3.05) is 20.2 Å². The van der Waals surface area contributed by atoms with Crippen LogP contribution in [0.4, 0.5) is 22.0 Å². The molecule has 3 heterocycles. The molecule has 1 saturated heterocycles. The zero-order valence-corrected chi connectivity index (χ0v) is 15.5. The molecule has 0 N–H and O–H groups in total. The van der Waals surface area contributed by atoms with E-state index in [9.17, 15) is 26.7 Å². The number of halogens is 6. The van der Waals surface area contributed by atoms with Gasteiger partial charge in [0, 0.05) is 32.5 Å². The Hall–Kier alpha value is -1.37. The third kappa shape index (κ3) is 4.55. The SMILES string of the molecule is COCc1nn2c(CN3CC(=O)C(CC(F)(F)Cl)C3)c(C(F)(F)F)nc2s1. The van der Waals surface area contributed by atoms with Crippen molar-refractivity contribution in [3.63, 3.8) is 0 Å². The van der Waals surface area contributed by atoms with Gasteiger partial charge in [0.15, 0.2) is 11.5 Å². The van der Waals surface area contributed by atoms with E-state index in [1.807, 2.05) is 0 Å². The van der Waals surface area contributed by atoms with Crippen molar-refractivity contribution in [3.8, 4) is 0 Å². The highest BCUT2D eigenvalue weighted by atomic mass is 35.5. The summed E-state index contributed by atoms with van der Waals surface area (Å²) in [6.07, 6.45) is -5.57. The van der Waals surface area contributed by atoms with Gasteiger partial charge in [-0.25, -0.2) is 9.50 Å². The maximum atomic E-state index is 13.3. The van der Waals surface area contributed by atoms with Crippen molar-refractivity contribution in [3.05, 3.63) is 16.4 Å². The molecule has 1 aliphatic rings. The van der Waals surface area contributed by atoms with Gasteiger partial charge in [0.25, 0.3) is 0 Å². The first kappa shape index (κ1) is 20.4. The van der Waals surface area contributed by atoms with E-state index in [0.717, 1.165) is 15.9 Å². The van der Waals surface area contributed by atoms with Gasteiger partial charge >= 0.3 is 11.6 Å². The fourth-order valence-corrected chi connectivity index (χ4v) is 4.07. The lowest BCUT2D eigenvalue weighted by Crippen LogP contribution is -2.24. The fourth-order valence-electron chi connectivity index (χ4n) is 3.00. The second-order valence-corrected chi connectivity index (χ2v) is 7.77. The maximum absolute atomic E-state index is 13.3. The molecule has 0 radical (unpaired) electrons. The summed E-state index contributed by atoms with van der Waals surface area (Å²) in [4.78, 5) is 16.9. The van der Waals surface area contributed by atoms with E-state index in [1.54, 1.807) is 0 Å². The minimum Gasteiger partial charge on any atom is -0.377 e. The lowest BCUT2D eigenvalue weighted by Gasteiger charge is -2.16. The van der Waals surface area contributed by atoms with Crippen molar-refractivity contribution in [1.29, 1.82) is 0 Å². The van der Waals surface area contributed by atoms with Crippen molar-refractivity contribution in [1.82, 2.24) is 19.5 Å². The molecule has 1 unspecified atom stereocenters. The van der Waals surface area contributed by atoms with E-state index in [1.165, 1.54) is 12.0 Å². The van der Waals surface area contributed by atoms with Gasteiger partial charge in [0.05, 0.1) is 18.8 Å². The molecule has 150 valence electrons. The third-order valence-electron chi connectivity index (χ3n) is 4.04. The molecule has 0 saturated carbocycles. The Balaban J connectivity index is 1.88. The summed E-state index contributed by atoms with van der Waals surface area (Å²) < 4.78 is 71.9. The average Bonchev–Trinajstić information content (AvgIpc) is 3.13. The van der Waals surface area contributed by atoms with Crippen LogP contribution in [0.1, 0.15) is 22.8 Å². The summed E-state index contributed by atoms with van der Waals surface area (Å²) in [5.74, 6) is -1.52. The first-order valence-corrected chi connectivity index (χ1v) is 8.92. The number of imidazole rings is 1. The number of ether oxygens (including phenoxy) is 1. The van der Waals surface area contributed by atoms with Gasteiger partial charge in [-0.1, -0.05) is 11.3 Å². The molecule has 0 amide bonds. The van der Waals surface area contributed by atoms with Gasteiger partial charge in [-0.15, -0.1) is 0 Å². The molecule has 3 rings (SSSR count). The first-order valence-electron chi connectivity index (χ1n) is 7.73. The number of aromatic nitrogens is 3. The Morgan fingerprint density at radius 1 is 1.33 bits per heavy atom. The van der Waals surface area contributed by atoms with Gasteiger partial charge in [0.2, 0.25) is 4.96 Å². The number of carbonyl (C=O) groups excluding carboxylic acids is 1. The Morgan fingerprint density at radius 2 is 2.04 bits per heavy atom. The van der Waals surface area contributed by atoms with Crippen molar-refractivity contribution < 1.29 is 31.5 Å². The number of carbonyl (C=O) groups is 1. The van der Waals surface area contributed by atoms with E-state index in [0.29, 0.717) is 5.01 Å². The molecule has 2 aromatic heterocycles. The van der Waals surface area contributed by atoms with Crippen LogP contribution < -0.4 is 0 Å². The van der Waals surface area contributed by atoms with Gasteiger partial charge < -0.3 is 4.74 Å². The minimum atomic E-state index is -4.71. The van der Waals surface area contributed by atoms with Crippen molar-refractivity contribution in [2.24, 2.45) is 5.92 Å². The van der Waals surface area contributed by atoms with Crippen LogP contribution in [0.3, 0.4) is 0 Å². The monoisotopic (exact) mass is 432 g/mol.